The molecule has 0 spiro atoms. The Bertz CT molecular complexity index is 465. The Hall–Kier alpha value is -1.69. The molecule has 2 heterocycles. The van der Waals surface area contributed by atoms with Gasteiger partial charge in [0.15, 0.2) is 0 Å². The first-order chi connectivity index (χ1) is 9.35. The lowest BCUT2D eigenvalue weighted by Crippen LogP contribution is -2.49. The summed E-state index contributed by atoms with van der Waals surface area (Å²) in [6, 6.07) is 0. The van der Waals surface area contributed by atoms with Crippen LogP contribution in [-0.4, -0.2) is 53.0 Å². The van der Waals surface area contributed by atoms with Crippen LogP contribution in [0.1, 0.15) is 26.3 Å². The molecule has 1 aliphatic rings. The Labute approximate surface area is 120 Å². The maximum atomic E-state index is 11.7. The number of rotatable bonds is 3. The fraction of sp³-hybridized carbons (Fsp3) is 0.643. The molecule has 0 bridgehead atoms. The predicted octanol–water partition coefficient (Wildman–Crippen LogP) is 0.643. The highest BCUT2D eigenvalue weighted by Gasteiger charge is 2.22. The van der Waals surface area contributed by atoms with E-state index in [-0.39, 0.29) is 11.4 Å². The first kappa shape index (κ1) is 14.7. The molecule has 1 aliphatic heterocycles. The average Bonchev–Trinajstić information content (AvgIpc) is 2.39. The standard InChI is InChI=1S/C14H23N5O/c1-14(2,3)17-9-11-7-15-13(16-8-11)19-6-5-18(4)12(20)10-19/h7-8,17H,5-6,9-10H2,1-4H3. The second kappa shape index (κ2) is 5.75. The minimum absolute atomic E-state index is 0.0720. The number of hydrogen-bond acceptors (Lipinski definition) is 5. The summed E-state index contributed by atoms with van der Waals surface area (Å²) >= 11 is 0. The fourth-order valence-corrected chi connectivity index (χ4v) is 1.90. The van der Waals surface area contributed by atoms with E-state index in [9.17, 15) is 4.79 Å². The van der Waals surface area contributed by atoms with E-state index in [4.69, 9.17) is 0 Å². The van der Waals surface area contributed by atoms with Crippen molar-refractivity contribution < 1.29 is 4.79 Å². The molecule has 1 saturated heterocycles. The molecular formula is C14H23N5O. The van der Waals surface area contributed by atoms with Crippen LogP contribution in [0.4, 0.5) is 5.95 Å². The third kappa shape index (κ3) is 3.90. The fourth-order valence-electron chi connectivity index (χ4n) is 1.90. The maximum absolute atomic E-state index is 11.7. The van der Waals surface area contributed by atoms with Crippen LogP contribution >= 0.6 is 0 Å². The lowest BCUT2D eigenvalue weighted by molar-refractivity contribution is -0.129. The summed E-state index contributed by atoms with van der Waals surface area (Å²) in [5.41, 5.74) is 1.12. The van der Waals surface area contributed by atoms with Crippen molar-refractivity contribution in [1.82, 2.24) is 20.2 Å². The first-order valence-electron chi connectivity index (χ1n) is 6.90. The van der Waals surface area contributed by atoms with Crippen molar-refractivity contribution in [2.75, 3.05) is 31.6 Å². The van der Waals surface area contributed by atoms with Crippen LogP contribution in [0.5, 0.6) is 0 Å². The Kier molecular flexibility index (Phi) is 4.23. The summed E-state index contributed by atoms with van der Waals surface area (Å²) in [6.07, 6.45) is 3.65. The smallest absolute Gasteiger partial charge is 0.242 e. The number of carbonyl (C=O) groups excluding carboxylic acids is 1. The number of nitrogens with one attached hydrogen (secondary N) is 1. The van der Waals surface area contributed by atoms with Crippen LogP contribution in [0.15, 0.2) is 12.4 Å². The van der Waals surface area contributed by atoms with Crippen LogP contribution in [-0.2, 0) is 11.3 Å². The molecule has 1 aromatic heterocycles. The summed E-state index contributed by atoms with van der Waals surface area (Å²) in [5, 5.41) is 3.40. The molecule has 0 aliphatic carbocycles. The highest BCUT2D eigenvalue weighted by molar-refractivity contribution is 5.81. The van der Waals surface area contributed by atoms with Gasteiger partial charge in [-0.15, -0.1) is 0 Å². The van der Waals surface area contributed by atoms with Gasteiger partial charge in [0.25, 0.3) is 0 Å². The summed E-state index contributed by atoms with van der Waals surface area (Å²) in [4.78, 5) is 24.1. The predicted molar refractivity (Wildman–Crippen MR) is 78.5 cm³/mol. The van der Waals surface area contributed by atoms with Gasteiger partial charge in [0.2, 0.25) is 11.9 Å². The molecule has 110 valence electrons. The Balaban J connectivity index is 1.96. The minimum Gasteiger partial charge on any atom is -0.342 e. The zero-order valence-corrected chi connectivity index (χ0v) is 12.7. The van der Waals surface area contributed by atoms with Gasteiger partial charge in [0, 0.05) is 50.2 Å². The zero-order valence-electron chi connectivity index (χ0n) is 12.7. The molecule has 2 rings (SSSR count). The van der Waals surface area contributed by atoms with Crippen molar-refractivity contribution in [3.63, 3.8) is 0 Å². The lowest BCUT2D eigenvalue weighted by Gasteiger charge is -2.31. The van der Waals surface area contributed by atoms with Crippen molar-refractivity contribution in [1.29, 1.82) is 0 Å². The summed E-state index contributed by atoms with van der Waals surface area (Å²) in [7, 11) is 1.82. The highest BCUT2D eigenvalue weighted by Crippen LogP contribution is 2.11. The second-order valence-electron chi connectivity index (χ2n) is 6.23. The molecule has 1 aromatic rings. The van der Waals surface area contributed by atoms with Gasteiger partial charge in [-0.3, -0.25) is 4.79 Å². The quantitative estimate of drug-likeness (QED) is 0.878. The van der Waals surface area contributed by atoms with Gasteiger partial charge in [-0.05, 0) is 20.8 Å². The summed E-state index contributed by atoms with van der Waals surface area (Å²) < 4.78 is 0. The van der Waals surface area contributed by atoms with Crippen molar-refractivity contribution >= 4 is 11.9 Å². The molecule has 0 atom stereocenters. The van der Waals surface area contributed by atoms with Crippen LogP contribution in [0.2, 0.25) is 0 Å². The molecule has 1 fully saturated rings. The van der Waals surface area contributed by atoms with Gasteiger partial charge in [-0.25, -0.2) is 9.97 Å². The number of hydrogen-bond donors (Lipinski definition) is 1. The van der Waals surface area contributed by atoms with Gasteiger partial charge < -0.3 is 15.1 Å². The minimum atomic E-state index is 0.0720. The first-order valence-corrected chi connectivity index (χ1v) is 6.90. The monoisotopic (exact) mass is 277 g/mol. The van der Waals surface area contributed by atoms with Crippen molar-refractivity contribution in [2.24, 2.45) is 0 Å². The average molecular weight is 277 g/mol. The molecular weight excluding hydrogens is 254 g/mol. The van der Waals surface area contributed by atoms with Crippen LogP contribution in [0.3, 0.4) is 0 Å². The molecule has 0 radical (unpaired) electrons. The van der Waals surface area contributed by atoms with Crippen LogP contribution in [0, 0.1) is 0 Å². The van der Waals surface area contributed by atoms with Gasteiger partial charge in [-0.1, -0.05) is 0 Å². The van der Waals surface area contributed by atoms with Gasteiger partial charge in [0.05, 0.1) is 6.54 Å². The van der Waals surface area contributed by atoms with Crippen molar-refractivity contribution in [3.05, 3.63) is 18.0 Å². The summed E-state index contributed by atoms with van der Waals surface area (Å²) in [6.45, 7) is 8.97. The van der Waals surface area contributed by atoms with E-state index in [0.717, 1.165) is 25.2 Å². The topological polar surface area (TPSA) is 61.4 Å². The van der Waals surface area contributed by atoms with Crippen molar-refractivity contribution in [3.8, 4) is 0 Å². The second-order valence-corrected chi connectivity index (χ2v) is 6.23. The number of amides is 1. The van der Waals surface area contributed by atoms with Gasteiger partial charge in [0.1, 0.15) is 0 Å². The van der Waals surface area contributed by atoms with E-state index in [0.29, 0.717) is 12.5 Å². The number of nitrogens with zero attached hydrogens (tertiary/aromatic N) is 4. The number of likely N-dealkylation sites (N-methyl/N-ethyl adjacent to an activating group) is 1. The highest BCUT2D eigenvalue weighted by atomic mass is 16.2. The molecule has 0 saturated carbocycles. The van der Waals surface area contributed by atoms with E-state index >= 15 is 0 Å². The largest absolute Gasteiger partial charge is 0.342 e. The van der Waals surface area contributed by atoms with Crippen molar-refractivity contribution in [2.45, 2.75) is 32.9 Å². The molecule has 0 aromatic carbocycles. The van der Waals surface area contributed by atoms with E-state index in [1.165, 1.54) is 0 Å². The third-order valence-corrected chi connectivity index (χ3v) is 3.25. The number of anilines is 1. The molecule has 1 N–H and O–H groups in total. The number of carbonyl (C=O) groups is 1. The third-order valence-electron chi connectivity index (χ3n) is 3.25. The molecule has 6 nitrogen and oxygen atoms in total. The number of piperazine rings is 1. The zero-order chi connectivity index (χ0) is 14.8. The van der Waals surface area contributed by atoms with Gasteiger partial charge in [-0.2, -0.15) is 0 Å². The Morgan fingerprint density at radius 1 is 1.25 bits per heavy atom. The van der Waals surface area contributed by atoms with E-state index in [2.05, 4.69) is 36.1 Å². The SMILES string of the molecule is CN1CCN(c2ncc(CNC(C)(C)C)cn2)CC1=O. The molecule has 1 amide bonds. The number of aromatic nitrogens is 2. The van der Waals surface area contributed by atoms with E-state index in [1.807, 2.05) is 24.3 Å². The Morgan fingerprint density at radius 2 is 1.90 bits per heavy atom. The molecule has 20 heavy (non-hydrogen) atoms. The Morgan fingerprint density at radius 3 is 2.45 bits per heavy atom. The van der Waals surface area contributed by atoms with E-state index in [1.54, 1.807) is 4.90 Å². The van der Waals surface area contributed by atoms with Crippen LogP contribution in [0.25, 0.3) is 0 Å². The molecule has 0 unspecified atom stereocenters. The van der Waals surface area contributed by atoms with Crippen LogP contribution < -0.4 is 10.2 Å². The normalized spacial score (nSPS) is 16.7. The molecule has 6 heteroatoms. The maximum Gasteiger partial charge on any atom is 0.242 e. The summed E-state index contributed by atoms with van der Waals surface area (Å²) in [5.74, 6) is 0.740. The van der Waals surface area contributed by atoms with Gasteiger partial charge >= 0.3 is 0 Å². The van der Waals surface area contributed by atoms with E-state index < -0.39 is 0 Å². The lowest BCUT2D eigenvalue weighted by atomic mass is 10.1.